The normalized spacial score (nSPS) is 12.8. The van der Waals surface area contributed by atoms with Crippen LogP contribution in [0.4, 0.5) is 0 Å². The van der Waals surface area contributed by atoms with Gasteiger partial charge >= 0.3 is 0 Å². The summed E-state index contributed by atoms with van der Waals surface area (Å²) in [4.78, 5) is 1.27. The second-order valence-electron chi connectivity index (χ2n) is 1.31. The fourth-order valence-corrected chi connectivity index (χ4v) is 2.71. The minimum absolute atomic E-state index is 0.890. The zero-order chi connectivity index (χ0) is 7.28. The Balaban J connectivity index is 4.17. The van der Waals surface area contributed by atoms with Gasteiger partial charge in [0.25, 0.3) is 0 Å². The Kier molecular flexibility index (Phi) is 6.05. The third kappa shape index (κ3) is 3.48. The first-order chi connectivity index (χ1) is 4.26. The largest absolute Gasteiger partial charge is 0.132 e. The molecule has 0 amide bonds. The molecule has 0 saturated carbocycles. The van der Waals surface area contributed by atoms with E-state index in [1.165, 1.54) is 4.91 Å². The zero-order valence-corrected chi connectivity index (χ0v) is 9.14. The number of hydrogen-bond donors (Lipinski definition) is 0. The Hall–Kier alpha value is 0.790. The molecule has 0 aliphatic carbocycles. The highest BCUT2D eigenvalue weighted by molar-refractivity contribution is 9.12. The molecule has 0 N–H and O–H groups in total. The maximum Gasteiger partial charge on any atom is 0.0354 e. The van der Waals surface area contributed by atoms with Crippen molar-refractivity contribution in [3.8, 4) is 0 Å². The molecule has 0 aromatic rings. The van der Waals surface area contributed by atoms with Crippen LogP contribution in [0.15, 0.2) is 22.0 Å². The molecule has 0 fully saturated rings. The van der Waals surface area contributed by atoms with Gasteiger partial charge < -0.3 is 0 Å². The summed E-state index contributed by atoms with van der Waals surface area (Å²) in [6, 6.07) is 0. The van der Waals surface area contributed by atoms with Crippen LogP contribution in [-0.4, -0.2) is 11.6 Å². The van der Waals surface area contributed by atoms with Gasteiger partial charge in [0.05, 0.1) is 0 Å². The standard InChI is InChI=1S/C6H8Br2S/c1-3-5(8)6(4-7)9-2/h3H,1,4H2,2H3/b6-5+. The third-order valence-corrected chi connectivity index (χ3v) is 3.67. The Morgan fingerprint density at radius 1 is 1.78 bits per heavy atom. The molecule has 0 aliphatic rings. The molecule has 52 valence electrons. The van der Waals surface area contributed by atoms with Crippen molar-refractivity contribution in [2.75, 3.05) is 11.6 Å². The molecule has 0 radical (unpaired) electrons. The smallest absolute Gasteiger partial charge is 0.0354 e. The molecule has 9 heavy (non-hydrogen) atoms. The van der Waals surface area contributed by atoms with E-state index in [2.05, 4.69) is 38.4 Å². The Bertz CT molecular complexity index is 123. The fraction of sp³-hybridized carbons (Fsp3) is 0.333. The Labute approximate surface area is 77.0 Å². The molecule has 0 atom stereocenters. The summed E-state index contributed by atoms with van der Waals surface area (Å²) in [5, 5.41) is 0.890. The van der Waals surface area contributed by atoms with Gasteiger partial charge in [0.1, 0.15) is 0 Å². The Morgan fingerprint density at radius 3 is 2.44 bits per heavy atom. The van der Waals surface area contributed by atoms with Crippen LogP contribution in [0.5, 0.6) is 0 Å². The minimum Gasteiger partial charge on any atom is -0.132 e. The summed E-state index contributed by atoms with van der Waals surface area (Å²) in [5.41, 5.74) is 0. The molecule has 0 aromatic carbocycles. The fourth-order valence-electron chi connectivity index (χ4n) is 0.330. The number of halogens is 2. The van der Waals surface area contributed by atoms with Crippen LogP contribution in [0.2, 0.25) is 0 Å². The van der Waals surface area contributed by atoms with Crippen LogP contribution in [0.1, 0.15) is 0 Å². The molecule has 0 aliphatic heterocycles. The molecular weight excluding hydrogens is 264 g/mol. The predicted molar refractivity (Wildman–Crippen MR) is 53.5 cm³/mol. The number of alkyl halides is 1. The van der Waals surface area contributed by atoms with E-state index in [0.29, 0.717) is 0 Å². The van der Waals surface area contributed by atoms with E-state index >= 15 is 0 Å². The molecule has 0 nitrogen and oxygen atoms in total. The topological polar surface area (TPSA) is 0 Å². The second kappa shape index (κ2) is 5.57. The van der Waals surface area contributed by atoms with Crippen LogP contribution in [0.25, 0.3) is 0 Å². The molecular formula is C6H8Br2S. The lowest BCUT2D eigenvalue weighted by atomic mass is 10.5. The van der Waals surface area contributed by atoms with E-state index in [-0.39, 0.29) is 0 Å². The average Bonchev–Trinajstić information content (AvgIpc) is 1.90. The maximum absolute atomic E-state index is 3.64. The quantitative estimate of drug-likeness (QED) is 0.559. The lowest BCUT2D eigenvalue weighted by molar-refractivity contribution is 1.71. The van der Waals surface area contributed by atoms with Crippen LogP contribution < -0.4 is 0 Å². The highest BCUT2D eigenvalue weighted by Crippen LogP contribution is 2.23. The highest BCUT2D eigenvalue weighted by atomic mass is 79.9. The van der Waals surface area contributed by atoms with Crippen molar-refractivity contribution in [2.45, 2.75) is 0 Å². The van der Waals surface area contributed by atoms with Crippen molar-refractivity contribution >= 4 is 43.6 Å². The zero-order valence-electron chi connectivity index (χ0n) is 5.16. The lowest BCUT2D eigenvalue weighted by Crippen LogP contribution is -1.77. The number of allylic oxidation sites excluding steroid dienone is 3. The second-order valence-corrected chi connectivity index (χ2v) is 3.63. The molecule has 0 spiro atoms. The van der Waals surface area contributed by atoms with E-state index in [0.717, 1.165) is 9.81 Å². The van der Waals surface area contributed by atoms with Gasteiger partial charge in [-0.25, -0.2) is 0 Å². The van der Waals surface area contributed by atoms with E-state index in [9.17, 15) is 0 Å². The van der Waals surface area contributed by atoms with E-state index in [4.69, 9.17) is 0 Å². The molecule has 0 bridgehead atoms. The van der Waals surface area contributed by atoms with Crippen molar-refractivity contribution < 1.29 is 0 Å². The summed E-state index contributed by atoms with van der Waals surface area (Å²) >= 11 is 8.45. The van der Waals surface area contributed by atoms with Gasteiger partial charge in [-0.2, -0.15) is 0 Å². The van der Waals surface area contributed by atoms with Gasteiger partial charge in [-0.15, -0.1) is 11.8 Å². The number of thioether (sulfide) groups is 1. The van der Waals surface area contributed by atoms with E-state index in [1.807, 2.05) is 6.26 Å². The van der Waals surface area contributed by atoms with Gasteiger partial charge in [0.15, 0.2) is 0 Å². The van der Waals surface area contributed by atoms with Crippen molar-refractivity contribution in [2.24, 2.45) is 0 Å². The SMILES string of the molecule is C=C/C(Br)=C(/CBr)SC. The minimum atomic E-state index is 0.890. The highest BCUT2D eigenvalue weighted by Gasteiger charge is 1.95. The maximum atomic E-state index is 3.64. The van der Waals surface area contributed by atoms with Crippen molar-refractivity contribution in [3.05, 3.63) is 22.0 Å². The van der Waals surface area contributed by atoms with Crippen LogP contribution >= 0.6 is 43.6 Å². The van der Waals surface area contributed by atoms with Crippen LogP contribution in [0, 0.1) is 0 Å². The van der Waals surface area contributed by atoms with E-state index in [1.54, 1.807) is 17.8 Å². The summed E-state index contributed by atoms with van der Waals surface area (Å²) in [6.45, 7) is 3.64. The molecule has 0 saturated heterocycles. The van der Waals surface area contributed by atoms with Gasteiger partial charge in [-0.1, -0.05) is 28.6 Å². The molecule has 0 heterocycles. The van der Waals surface area contributed by atoms with E-state index < -0.39 is 0 Å². The summed E-state index contributed by atoms with van der Waals surface area (Å²) < 4.78 is 1.08. The number of hydrogen-bond acceptors (Lipinski definition) is 1. The summed E-state index contributed by atoms with van der Waals surface area (Å²) in [6.07, 6.45) is 3.84. The van der Waals surface area contributed by atoms with Crippen molar-refractivity contribution in [3.63, 3.8) is 0 Å². The van der Waals surface area contributed by atoms with Gasteiger partial charge in [0, 0.05) is 14.7 Å². The molecule has 0 aromatic heterocycles. The average molecular weight is 272 g/mol. The molecule has 0 unspecified atom stereocenters. The van der Waals surface area contributed by atoms with Crippen molar-refractivity contribution in [1.82, 2.24) is 0 Å². The molecule has 0 rings (SSSR count). The summed E-state index contributed by atoms with van der Waals surface area (Å²) in [5.74, 6) is 0. The van der Waals surface area contributed by atoms with Gasteiger partial charge in [-0.05, 0) is 22.2 Å². The lowest BCUT2D eigenvalue weighted by Gasteiger charge is -1.98. The number of rotatable bonds is 3. The third-order valence-electron chi connectivity index (χ3n) is 0.813. The first-order valence-corrected chi connectivity index (χ1v) is 5.51. The first-order valence-electron chi connectivity index (χ1n) is 2.37. The monoisotopic (exact) mass is 270 g/mol. The summed E-state index contributed by atoms with van der Waals surface area (Å²) in [7, 11) is 0. The van der Waals surface area contributed by atoms with Crippen molar-refractivity contribution in [1.29, 1.82) is 0 Å². The Morgan fingerprint density at radius 2 is 2.33 bits per heavy atom. The van der Waals surface area contributed by atoms with Crippen LogP contribution in [-0.2, 0) is 0 Å². The van der Waals surface area contributed by atoms with Gasteiger partial charge in [0.2, 0.25) is 0 Å². The van der Waals surface area contributed by atoms with Gasteiger partial charge in [-0.3, -0.25) is 0 Å². The molecule has 3 heteroatoms. The first kappa shape index (κ1) is 9.79. The predicted octanol–water partition coefficient (Wildman–Crippen LogP) is 3.54. The van der Waals surface area contributed by atoms with Crippen LogP contribution in [0.3, 0.4) is 0 Å².